The second kappa shape index (κ2) is 5.63. The first-order valence-electron chi connectivity index (χ1n) is 5.53. The summed E-state index contributed by atoms with van der Waals surface area (Å²) in [6, 6.07) is 9.75. The summed E-state index contributed by atoms with van der Waals surface area (Å²) in [5.74, 6) is -0.0951. The van der Waals surface area contributed by atoms with E-state index in [1.165, 1.54) is 6.07 Å². The summed E-state index contributed by atoms with van der Waals surface area (Å²) in [6.45, 7) is 1.77. The maximum atomic E-state index is 12.1. The summed E-state index contributed by atoms with van der Waals surface area (Å²) < 4.78 is 0.713. The Hall–Kier alpha value is -1.52. The van der Waals surface area contributed by atoms with Crippen LogP contribution >= 0.6 is 27.5 Å². The average Bonchev–Trinajstić information content (AvgIpc) is 2.32. The number of nitrogens with one attached hydrogen (secondary N) is 1. The van der Waals surface area contributed by atoms with Crippen molar-refractivity contribution >= 4 is 39.1 Å². The van der Waals surface area contributed by atoms with E-state index in [9.17, 15) is 9.90 Å². The number of carbonyl (C=O) groups excluding carboxylic acids is 1. The van der Waals surface area contributed by atoms with Crippen LogP contribution in [0.3, 0.4) is 0 Å². The van der Waals surface area contributed by atoms with E-state index in [2.05, 4.69) is 21.2 Å². The molecule has 0 aromatic heterocycles. The van der Waals surface area contributed by atoms with Gasteiger partial charge in [-0.05, 0) is 64.8 Å². The third-order valence-electron chi connectivity index (χ3n) is 2.63. The molecule has 0 spiro atoms. The van der Waals surface area contributed by atoms with Gasteiger partial charge in [-0.25, -0.2) is 0 Å². The van der Waals surface area contributed by atoms with Gasteiger partial charge < -0.3 is 10.4 Å². The van der Waals surface area contributed by atoms with Crippen LogP contribution in [0.25, 0.3) is 0 Å². The number of carbonyl (C=O) groups is 1. The average molecular weight is 341 g/mol. The molecule has 2 aromatic rings. The molecule has 0 heterocycles. The first-order valence-corrected chi connectivity index (χ1v) is 6.70. The Morgan fingerprint density at radius 3 is 2.63 bits per heavy atom. The van der Waals surface area contributed by atoms with Crippen molar-refractivity contribution in [3.63, 3.8) is 0 Å². The fraction of sp³-hybridized carbons (Fsp3) is 0.0714. The van der Waals surface area contributed by atoms with E-state index in [4.69, 9.17) is 11.6 Å². The highest BCUT2D eigenvalue weighted by Gasteiger charge is 2.11. The topological polar surface area (TPSA) is 49.3 Å². The quantitative estimate of drug-likeness (QED) is 0.853. The maximum Gasteiger partial charge on any atom is 0.255 e. The van der Waals surface area contributed by atoms with Crippen LogP contribution in [0.4, 0.5) is 5.69 Å². The molecule has 0 aliphatic carbocycles. The Morgan fingerprint density at radius 1 is 1.26 bits per heavy atom. The summed E-state index contributed by atoms with van der Waals surface area (Å²) in [7, 11) is 0. The van der Waals surface area contributed by atoms with E-state index in [-0.39, 0.29) is 11.7 Å². The standard InChI is InChI=1S/C14H11BrClNO2/c1-8-6-10(18)3-4-11(8)14(19)17-13-5-2-9(16)7-12(13)15/h2-7,18H,1H3,(H,17,19). The second-order valence-electron chi connectivity index (χ2n) is 4.08. The number of aryl methyl sites for hydroxylation is 1. The number of amides is 1. The van der Waals surface area contributed by atoms with Crippen molar-refractivity contribution in [3.8, 4) is 5.75 Å². The van der Waals surface area contributed by atoms with E-state index in [1.807, 2.05) is 0 Å². The van der Waals surface area contributed by atoms with Crippen LogP contribution in [0, 0.1) is 6.92 Å². The minimum Gasteiger partial charge on any atom is -0.508 e. The Balaban J connectivity index is 2.25. The first kappa shape index (κ1) is 13.9. The Morgan fingerprint density at radius 2 is 2.00 bits per heavy atom. The zero-order chi connectivity index (χ0) is 14.0. The molecule has 0 unspecified atom stereocenters. The molecular formula is C14H11BrClNO2. The zero-order valence-electron chi connectivity index (χ0n) is 10.1. The lowest BCUT2D eigenvalue weighted by molar-refractivity contribution is 0.102. The fourth-order valence-electron chi connectivity index (χ4n) is 1.68. The van der Waals surface area contributed by atoms with Gasteiger partial charge in [0.05, 0.1) is 5.69 Å². The fourth-order valence-corrected chi connectivity index (χ4v) is 2.46. The summed E-state index contributed by atoms with van der Waals surface area (Å²) in [6.07, 6.45) is 0. The van der Waals surface area contributed by atoms with Crippen LogP contribution in [-0.2, 0) is 0 Å². The third-order valence-corrected chi connectivity index (χ3v) is 3.53. The van der Waals surface area contributed by atoms with Crippen molar-refractivity contribution in [2.45, 2.75) is 6.92 Å². The Kier molecular flexibility index (Phi) is 4.12. The summed E-state index contributed by atoms with van der Waals surface area (Å²) in [4.78, 5) is 12.1. The smallest absolute Gasteiger partial charge is 0.255 e. The molecule has 3 nitrogen and oxygen atoms in total. The van der Waals surface area contributed by atoms with Crippen LogP contribution in [-0.4, -0.2) is 11.0 Å². The number of rotatable bonds is 2. The molecule has 19 heavy (non-hydrogen) atoms. The van der Waals surface area contributed by atoms with Gasteiger partial charge in [0, 0.05) is 15.1 Å². The molecule has 98 valence electrons. The number of phenols is 1. The van der Waals surface area contributed by atoms with Gasteiger partial charge in [0.2, 0.25) is 0 Å². The molecule has 0 bridgehead atoms. The van der Waals surface area contributed by atoms with Gasteiger partial charge >= 0.3 is 0 Å². The Labute approximate surface area is 124 Å². The van der Waals surface area contributed by atoms with E-state index in [0.717, 1.165) is 0 Å². The molecule has 1 amide bonds. The molecule has 0 aliphatic heterocycles. The number of phenolic OH excluding ortho intramolecular Hbond substituents is 1. The predicted octanol–water partition coefficient (Wildman–Crippen LogP) is 4.37. The summed E-state index contributed by atoms with van der Waals surface area (Å²) in [5, 5.41) is 12.7. The van der Waals surface area contributed by atoms with Gasteiger partial charge in [0.15, 0.2) is 0 Å². The van der Waals surface area contributed by atoms with Crippen molar-refractivity contribution in [3.05, 3.63) is 57.0 Å². The highest BCUT2D eigenvalue weighted by molar-refractivity contribution is 9.10. The van der Waals surface area contributed by atoms with E-state index in [0.29, 0.717) is 26.3 Å². The van der Waals surface area contributed by atoms with Crippen LogP contribution in [0.15, 0.2) is 40.9 Å². The molecule has 2 aromatic carbocycles. The lowest BCUT2D eigenvalue weighted by Crippen LogP contribution is -2.13. The van der Waals surface area contributed by atoms with Gasteiger partial charge in [-0.2, -0.15) is 0 Å². The molecule has 0 aliphatic rings. The number of aromatic hydroxyl groups is 1. The van der Waals surface area contributed by atoms with Crippen LogP contribution in [0.5, 0.6) is 5.75 Å². The lowest BCUT2D eigenvalue weighted by Gasteiger charge is -2.09. The number of hydrogen-bond acceptors (Lipinski definition) is 2. The molecule has 5 heteroatoms. The van der Waals surface area contributed by atoms with Crippen molar-refractivity contribution in [1.82, 2.24) is 0 Å². The van der Waals surface area contributed by atoms with Crippen molar-refractivity contribution < 1.29 is 9.90 Å². The molecule has 2 N–H and O–H groups in total. The zero-order valence-corrected chi connectivity index (χ0v) is 12.4. The largest absolute Gasteiger partial charge is 0.508 e. The third kappa shape index (κ3) is 3.28. The number of hydrogen-bond donors (Lipinski definition) is 2. The number of halogens is 2. The minimum absolute atomic E-state index is 0.140. The highest BCUT2D eigenvalue weighted by Crippen LogP contribution is 2.26. The minimum atomic E-state index is -0.236. The van der Waals surface area contributed by atoms with E-state index in [1.54, 1.807) is 37.3 Å². The molecule has 0 fully saturated rings. The molecule has 0 radical (unpaired) electrons. The van der Waals surface area contributed by atoms with Crippen LogP contribution in [0.2, 0.25) is 5.02 Å². The van der Waals surface area contributed by atoms with E-state index < -0.39 is 0 Å². The van der Waals surface area contributed by atoms with Gasteiger partial charge in [-0.3, -0.25) is 4.79 Å². The normalized spacial score (nSPS) is 10.3. The molecule has 0 saturated carbocycles. The van der Waals surface area contributed by atoms with Gasteiger partial charge in [-0.1, -0.05) is 11.6 Å². The van der Waals surface area contributed by atoms with Crippen LogP contribution < -0.4 is 5.32 Å². The van der Waals surface area contributed by atoms with Crippen LogP contribution in [0.1, 0.15) is 15.9 Å². The highest BCUT2D eigenvalue weighted by atomic mass is 79.9. The predicted molar refractivity (Wildman–Crippen MR) is 79.9 cm³/mol. The summed E-state index contributed by atoms with van der Waals surface area (Å²) >= 11 is 9.18. The lowest BCUT2D eigenvalue weighted by atomic mass is 10.1. The molecule has 0 saturated heterocycles. The van der Waals surface area contributed by atoms with E-state index >= 15 is 0 Å². The SMILES string of the molecule is Cc1cc(O)ccc1C(=O)Nc1ccc(Cl)cc1Br. The first-order chi connectivity index (χ1) is 8.97. The Bertz CT molecular complexity index is 643. The molecule has 0 atom stereocenters. The summed E-state index contributed by atoms with van der Waals surface area (Å²) in [5.41, 5.74) is 1.86. The second-order valence-corrected chi connectivity index (χ2v) is 5.37. The van der Waals surface area contributed by atoms with Crippen molar-refractivity contribution in [2.24, 2.45) is 0 Å². The van der Waals surface area contributed by atoms with Gasteiger partial charge in [0.1, 0.15) is 5.75 Å². The van der Waals surface area contributed by atoms with Gasteiger partial charge in [0.25, 0.3) is 5.91 Å². The van der Waals surface area contributed by atoms with Crippen molar-refractivity contribution in [1.29, 1.82) is 0 Å². The monoisotopic (exact) mass is 339 g/mol. The molecule has 2 rings (SSSR count). The van der Waals surface area contributed by atoms with Crippen molar-refractivity contribution in [2.75, 3.05) is 5.32 Å². The molecular weight excluding hydrogens is 330 g/mol. The number of benzene rings is 2. The maximum absolute atomic E-state index is 12.1. The number of anilines is 1. The van der Waals surface area contributed by atoms with Gasteiger partial charge in [-0.15, -0.1) is 0 Å².